The van der Waals surface area contributed by atoms with Gasteiger partial charge in [-0.15, -0.1) is 0 Å². The Kier molecular flexibility index (Phi) is 3.81. The number of nitrogens with one attached hydrogen (secondary N) is 1. The van der Waals surface area contributed by atoms with Gasteiger partial charge in [0.05, 0.1) is 4.92 Å². The van der Waals surface area contributed by atoms with Crippen LogP contribution >= 0.6 is 0 Å². The van der Waals surface area contributed by atoms with Crippen LogP contribution in [0.2, 0.25) is 0 Å². The Balaban J connectivity index is 2.36. The van der Waals surface area contributed by atoms with Crippen molar-refractivity contribution in [2.75, 3.05) is 25.0 Å². The Morgan fingerprint density at radius 1 is 1.56 bits per heavy atom. The Morgan fingerprint density at radius 2 is 2.33 bits per heavy atom. The van der Waals surface area contributed by atoms with Gasteiger partial charge in [0, 0.05) is 25.2 Å². The SMILES string of the molecule is CNCC1CCCN1c1cc(C)ccc1[N+](=O)[O-]. The molecule has 1 aromatic rings. The average Bonchev–Trinajstić information content (AvgIpc) is 2.77. The summed E-state index contributed by atoms with van der Waals surface area (Å²) in [4.78, 5) is 13.0. The van der Waals surface area contributed by atoms with Crippen LogP contribution in [0.25, 0.3) is 0 Å². The predicted octanol–water partition coefficient (Wildman–Crippen LogP) is 2.09. The van der Waals surface area contributed by atoms with Crippen molar-refractivity contribution < 1.29 is 4.92 Å². The molecular formula is C13H19N3O2. The fourth-order valence-electron chi connectivity index (χ4n) is 2.62. The summed E-state index contributed by atoms with van der Waals surface area (Å²) in [6, 6.07) is 5.69. The van der Waals surface area contributed by atoms with E-state index >= 15 is 0 Å². The number of anilines is 1. The van der Waals surface area contributed by atoms with E-state index in [1.54, 1.807) is 12.1 Å². The fraction of sp³-hybridized carbons (Fsp3) is 0.538. The lowest BCUT2D eigenvalue weighted by Crippen LogP contribution is -2.37. The summed E-state index contributed by atoms with van der Waals surface area (Å²) in [7, 11) is 1.92. The van der Waals surface area contributed by atoms with Crippen LogP contribution in [0.4, 0.5) is 11.4 Å². The first kappa shape index (κ1) is 12.8. The zero-order chi connectivity index (χ0) is 13.1. The van der Waals surface area contributed by atoms with Crippen LogP contribution in [0.5, 0.6) is 0 Å². The van der Waals surface area contributed by atoms with Crippen molar-refractivity contribution in [1.82, 2.24) is 5.32 Å². The number of likely N-dealkylation sites (N-methyl/N-ethyl adjacent to an activating group) is 1. The van der Waals surface area contributed by atoms with E-state index in [2.05, 4.69) is 10.2 Å². The lowest BCUT2D eigenvalue weighted by molar-refractivity contribution is -0.384. The first-order valence-corrected chi connectivity index (χ1v) is 6.29. The summed E-state index contributed by atoms with van der Waals surface area (Å²) in [5.41, 5.74) is 2.03. The molecule has 1 saturated heterocycles. The van der Waals surface area contributed by atoms with E-state index in [0.717, 1.165) is 37.2 Å². The highest BCUT2D eigenvalue weighted by atomic mass is 16.6. The molecule has 1 unspecified atom stereocenters. The summed E-state index contributed by atoms with van der Waals surface area (Å²) in [5.74, 6) is 0. The molecule has 1 aromatic carbocycles. The van der Waals surface area contributed by atoms with Gasteiger partial charge >= 0.3 is 0 Å². The largest absolute Gasteiger partial charge is 0.362 e. The Labute approximate surface area is 107 Å². The van der Waals surface area contributed by atoms with E-state index < -0.39 is 0 Å². The van der Waals surface area contributed by atoms with Crippen molar-refractivity contribution in [3.05, 3.63) is 33.9 Å². The van der Waals surface area contributed by atoms with Gasteiger partial charge < -0.3 is 10.2 Å². The highest BCUT2D eigenvalue weighted by Gasteiger charge is 2.29. The number of rotatable bonds is 4. The molecule has 0 aromatic heterocycles. The molecule has 1 fully saturated rings. The number of benzene rings is 1. The number of nitrogens with zero attached hydrogens (tertiary/aromatic N) is 2. The zero-order valence-corrected chi connectivity index (χ0v) is 10.8. The third-order valence-electron chi connectivity index (χ3n) is 3.45. The maximum atomic E-state index is 11.1. The number of hydrogen-bond acceptors (Lipinski definition) is 4. The molecule has 1 aliphatic rings. The molecule has 0 bridgehead atoms. The van der Waals surface area contributed by atoms with Gasteiger partial charge in [0.2, 0.25) is 0 Å². The first-order valence-electron chi connectivity index (χ1n) is 6.29. The molecule has 98 valence electrons. The molecule has 0 saturated carbocycles. The molecule has 1 N–H and O–H groups in total. The molecule has 0 amide bonds. The van der Waals surface area contributed by atoms with Gasteiger partial charge in [-0.3, -0.25) is 10.1 Å². The molecule has 18 heavy (non-hydrogen) atoms. The minimum absolute atomic E-state index is 0.212. The van der Waals surface area contributed by atoms with E-state index in [-0.39, 0.29) is 10.6 Å². The normalized spacial score (nSPS) is 19.2. The third-order valence-corrected chi connectivity index (χ3v) is 3.45. The molecule has 0 spiro atoms. The quantitative estimate of drug-likeness (QED) is 0.655. The molecule has 1 aliphatic heterocycles. The second-order valence-electron chi connectivity index (χ2n) is 4.80. The van der Waals surface area contributed by atoms with Crippen molar-refractivity contribution >= 4 is 11.4 Å². The second-order valence-corrected chi connectivity index (χ2v) is 4.80. The smallest absolute Gasteiger partial charge is 0.292 e. The number of nitro groups is 1. The monoisotopic (exact) mass is 249 g/mol. The Morgan fingerprint density at radius 3 is 3.00 bits per heavy atom. The number of aryl methyl sites for hydroxylation is 1. The topological polar surface area (TPSA) is 58.4 Å². The molecule has 1 heterocycles. The Bertz CT molecular complexity index is 448. The zero-order valence-electron chi connectivity index (χ0n) is 10.8. The van der Waals surface area contributed by atoms with Gasteiger partial charge in [-0.05, 0) is 38.4 Å². The minimum atomic E-state index is -0.288. The average molecular weight is 249 g/mol. The Hall–Kier alpha value is -1.62. The lowest BCUT2D eigenvalue weighted by Gasteiger charge is -2.26. The standard InChI is InChI=1S/C13H19N3O2/c1-10-5-6-12(16(17)18)13(8-10)15-7-3-4-11(15)9-14-2/h5-6,8,11,14H,3-4,7,9H2,1-2H3. The molecule has 5 heteroatoms. The molecule has 5 nitrogen and oxygen atoms in total. The summed E-state index contributed by atoms with van der Waals surface area (Å²) < 4.78 is 0. The van der Waals surface area contributed by atoms with Gasteiger partial charge in [0.15, 0.2) is 0 Å². The van der Waals surface area contributed by atoms with Gasteiger partial charge in [0.1, 0.15) is 5.69 Å². The number of nitro benzene ring substituents is 1. The fourth-order valence-corrected chi connectivity index (χ4v) is 2.62. The third kappa shape index (κ3) is 2.46. The highest BCUT2D eigenvalue weighted by Crippen LogP contribution is 2.34. The maximum Gasteiger partial charge on any atom is 0.292 e. The summed E-state index contributed by atoms with van der Waals surface area (Å²) in [6.07, 6.45) is 2.18. The first-order chi connectivity index (χ1) is 8.63. The molecule has 2 rings (SSSR count). The van der Waals surface area contributed by atoms with Crippen LogP contribution in [-0.2, 0) is 0 Å². The van der Waals surface area contributed by atoms with Crippen LogP contribution in [0, 0.1) is 17.0 Å². The lowest BCUT2D eigenvalue weighted by atomic mass is 10.1. The van der Waals surface area contributed by atoms with Crippen LogP contribution in [0.1, 0.15) is 18.4 Å². The van der Waals surface area contributed by atoms with Crippen molar-refractivity contribution in [2.45, 2.75) is 25.8 Å². The van der Waals surface area contributed by atoms with Crippen LogP contribution in [-0.4, -0.2) is 31.1 Å². The van der Waals surface area contributed by atoms with Gasteiger partial charge in [0.25, 0.3) is 5.69 Å². The van der Waals surface area contributed by atoms with E-state index in [9.17, 15) is 10.1 Å². The van der Waals surface area contributed by atoms with Gasteiger partial charge in [-0.2, -0.15) is 0 Å². The van der Waals surface area contributed by atoms with E-state index in [1.807, 2.05) is 20.0 Å². The summed E-state index contributed by atoms with van der Waals surface area (Å²) >= 11 is 0. The van der Waals surface area contributed by atoms with Gasteiger partial charge in [-0.25, -0.2) is 0 Å². The second kappa shape index (κ2) is 5.35. The molecule has 1 atom stereocenters. The number of hydrogen-bond donors (Lipinski definition) is 1. The van der Waals surface area contributed by atoms with Crippen LogP contribution < -0.4 is 10.2 Å². The summed E-state index contributed by atoms with van der Waals surface area (Å²) in [6.45, 7) is 3.73. The van der Waals surface area contributed by atoms with E-state index in [0.29, 0.717) is 6.04 Å². The van der Waals surface area contributed by atoms with E-state index in [1.165, 1.54) is 0 Å². The van der Waals surface area contributed by atoms with Crippen molar-refractivity contribution in [2.24, 2.45) is 0 Å². The van der Waals surface area contributed by atoms with Crippen LogP contribution in [0.3, 0.4) is 0 Å². The minimum Gasteiger partial charge on any atom is -0.362 e. The maximum absolute atomic E-state index is 11.1. The molecule has 0 radical (unpaired) electrons. The molecular weight excluding hydrogens is 230 g/mol. The predicted molar refractivity (Wildman–Crippen MR) is 72.1 cm³/mol. The van der Waals surface area contributed by atoms with E-state index in [4.69, 9.17) is 0 Å². The van der Waals surface area contributed by atoms with Gasteiger partial charge in [-0.1, -0.05) is 6.07 Å². The van der Waals surface area contributed by atoms with Crippen molar-refractivity contribution in [3.63, 3.8) is 0 Å². The van der Waals surface area contributed by atoms with Crippen molar-refractivity contribution in [1.29, 1.82) is 0 Å². The summed E-state index contributed by atoms with van der Waals surface area (Å²) in [5, 5.41) is 14.3. The van der Waals surface area contributed by atoms with Crippen LogP contribution in [0.15, 0.2) is 18.2 Å². The highest BCUT2D eigenvalue weighted by molar-refractivity contribution is 5.65. The van der Waals surface area contributed by atoms with Crippen molar-refractivity contribution in [3.8, 4) is 0 Å². The molecule has 0 aliphatic carbocycles.